The Hall–Kier alpha value is -3.99. The molecule has 0 aliphatic carbocycles. The molecular formula is C21H20N4O4. The molecule has 0 unspecified atom stereocenters. The van der Waals surface area contributed by atoms with E-state index in [9.17, 15) is 10.1 Å². The number of nitriles is 1. The predicted molar refractivity (Wildman–Crippen MR) is 108 cm³/mol. The van der Waals surface area contributed by atoms with Crippen molar-refractivity contribution in [3.05, 3.63) is 63.9 Å². The highest BCUT2D eigenvalue weighted by Gasteiger charge is 2.14. The number of hydrogen-bond acceptors (Lipinski definition) is 7. The van der Waals surface area contributed by atoms with E-state index >= 15 is 0 Å². The summed E-state index contributed by atoms with van der Waals surface area (Å²) >= 11 is 0. The third-order valence-electron chi connectivity index (χ3n) is 4.30. The summed E-state index contributed by atoms with van der Waals surface area (Å²) < 4.78 is 15.7. The Morgan fingerprint density at radius 3 is 2.38 bits per heavy atom. The first kappa shape index (κ1) is 19.8. The topological polar surface area (TPSA) is 109 Å². The van der Waals surface area contributed by atoms with Crippen LogP contribution in [0.5, 0.6) is 17.2 Å². The number of nitrogens with one attached hydrogen (secondary N) is 2. The van der Waals surface area contributed by atoms with E-state index in [-0.39, 0.29) is 11.5 Å². The van der Waals surface area contributed by atoms with Crippen LogP contribution in [0.2, 0.25) is 0 Å². The number of benzene rings is 2. The SMILES string of the molecule is COc1ccc(-c2nc(NCc3ccc(OC)c(OC)c3)[nH]c(=O)c2C#N)cc1. The van der Waals surface area contributed by atoms with Gasteiger partial charge in [-0.2, -0.15) is 5.26 Å². The number of H-pyrrole nitrogens is 1. The fourth-order valence-electron chi connectivity index (χ4n) is 2.79. The third-order valence-corrected chi connectivity index (χ3v) is 4.30. The molecule has 0 atom stereocenters. The Morgan fingerprint density at radius 1 is 1.03 bits per heavy atom. The van der Waals surface area contributed by atoms with Gasteiger partial charge in [0.05, 0.1) is 27.0 Å². The zero-order valence-electron chi connectivity index (χ0n) is 16.3. The summed E-state index contributed by atoms with van der Waals surface area (Å²) in [6.45, 7) is 0.386. The zero-order chi connectivity index (χ0) is 20.8. The quantitative estimate of drug-likeness (QED) is 0.636. The number of anilines is 1. The second-order valence-corrected chi connectivity index (χ2v) is 6.02. The number of ether oxygens (including phenoxy) is 3. The van der Waals surface area contributed by atoms with Gasteiger partial charge in [-0.1, -0.05) is 6.07 Å². The molecule has 1 heterocycles. The molecule has 0 aliphatic rings. The van der Waals surface area contributed by atoms with Crippen LogP contribution in [-0.2, 0) is 6.54 Å². The molecule has 148 valence electrons. The summed E-state index contributed by atoms with van der Waals surface area (Å²) in [4.78, 5) is 19.4. The molecule has 29 heavy (non-hydrogen) atoms. The van der Waals surface area contributed by atoms with Gasteiger partial charge in [0.2, 0.25) is 5.95 Å². The summed E-state index contributed by atoms with van der Waals surface area (Å²) in [5.41, 5.74) is 1.28. The Kier molecular flexibility index (Phi) is 6.00. The highest BCUT2D eigenvalue weighted by molar-refractivity contribution is 5.67. The fraction of sp³-hybridized carbons (Fsp3) is 0.190. The lowest BCUT2D eigenvalue weighted by Gasteiger charge is -2.11. The molecule has 0 saturated heterocycles. The second-order valence-electron chi connectivity index (χ2n) is 6.02. The first-order valence-electron chi connectivity index (χ1n) is 8.73. The van der Waals surface area contributed by atoms with Crippen LogP contribution >= 0.6 is 0 Å². The van der Waals surface area contributed by atoms with Crippen molar-refractivity contribution in [3.8, 4) is 34.6 Å². The smallest absolute Gasteiger partial charge is 0.270 e. The lowest BCUT2D eigenvalue weighted by molar-refractivity contribution is 0.354. The molecule has 0 fully saturated rings. The second kappa shape index (κ2) is 8.80. The Bertz CT molecular complexity index is 1100. The molecule has 3 aromatic rings. The van der Waals surface area contributed by atoms with E-state index < -0.39 is 5.56 Å². The van der Waals surface area contributed by atoms with Crippen LogP contribution in [-0.4, -0.2) is 31.3 Å². The van der Waals surface area contributed by atoms with E-state index in [1.165, 1.54) is 0 Å². The van der Waals surface area contributed by atoms with E-state index in [0.717, 1.165) is 5.56 Å². The lowest BCUT2D eigenvalue weighted by Crippen LogP contribution is -2.17. The van der Waals surface area contributed by atoms with Gasteiger partial charge in [0, 0.05) is 12.1 Å². The minimum atomic E-state index is -0.511. The van der Waals surface area contributed by atoms with Crippen molar-refractivity contribution in [2.45, 2.75) is 6.54 Å². The van der Waals surface area contributed by atoms with E-state index in [4.69, 9.17) is 14.2 Å². The molecule has 0 radical (unpaired) electrons. The number of rotatable bonds is 7. The maximum Gasteiger partial charge on any atom is 0.270 e. The van der Waals surface area contributed by atoms with Crippen molar-refractivity contribution in [2.75, 3.05) is 26.6 Å². The monoisotopic (exact) mass is 392 g/mol. The van der Waals surface area contributed by atoms with E-state index in [1.807, 2.05) is 18.2 Å². The maximum atomic E-state index is 12.4. The molecule has 0 saturated carbocycles. The van der Waals surface area contributed by atoms with Gasteiger partial charge in [-0.3, -0.25) is 9.78 Å². The molecular weight excluding hydrogens is 372 g/mol. The van der Waals surface area contributed by atoms with Crippen molar-refractivity contribution in [3.63, 3.8) is 0 Å². The van der Waals surface area contributed by atoms with Gasteiger partial charge in [0.15, 0.2) is 11.5 Å². The van der Waals surface area contributed by atoms with Crippen molar-refractivity contribution in [1.29, 1.82) is 5.26 Å². The van der Waals surface area contributed by atoms with E-state index in [1.54, 1.807) is 51.7 Å². The molecule has 0 spiro atoms. The highest BCUT2D eigenvalue weighted by atomic mass is 16.5. The van der Waals surface area contributed by atoms with Crippen LogP contribution in [0.25, 0.3) is 11.3 Å². The molecule has 0 bridgehead atoms. The van der Waals surface area contributed by atoms with Crippen LogP contribution in [0.15, 0.2) is 47.3 Å². The Morgan fingerprint density at radius 2 is 1.76 bits per heavy atom. The van der Waals surface area contributed by atoms with Crippen LogP contribution in [0.4, 0.5) is 5.95 Å². The Labute approximate surface area is 167 Å². The number of aromatic amines is 1. The maximum absolute atomic E-state index is 12.4. The largest absolute Gasteiger partial charge is 0.497 e. The minimum absolute atomic E-state index is 0.0492. The lowest BCUT2D eigenvalue weighted by atomic mass is 10.1. The fourth-order valence-corrected chi connectivity index (χ4v) is 2.79. The minimum Gasteiger partial charge on any atom is -0.497 e. The summed E-state index contributed by atoms with van der Waals surface area (Å²) in [6, 6.07) is 14.4. The van der Waals surface area contributed by atoms with Gasteiger partial charge in [0.1, 0.15) is 17.4 Å². The van der Waals surface area contributed by atoms with Gasteiger partial charge in [-0.05, 0) is 42.0 Å². The van der Waals surface area contributed by atoms with Crippen LogP contribution in [0.1, 0.15) is 11.1 Å². The van der Waals surface area contributed by atoms with Crippen LogP contribution in [0, 0.1) is 11.3 Å². The number of methoxy groups -OCH3 is 3. The third kappa shape index (κ3) is 4.30. The summed E-state index contributed by atoms with van der Waals surface area (Å²) in [5, 5.41) is 12.5. The van der Waals surface area contributed by atoms with Crippen molar-refractivity contribution in [2.24, 2.45) is 0 Å². The van der Waals surface area contributed by atoms with Crippen LogP contribution in [0.3, 0.4) is 0 Å². The first-order valence-corrected chi connectivity index (χ1v) is 8.73. The highest BCUT2D eigenvalue weighted by Crippen LogP contribution is 2.28. The van der Waals surface area contributed by atoms with E-state index in [0.29, 0.717) is 35.1 Å². The van der Waals surface area contributed by atoms with Gasteiger partial charge >= 0.3 is 0 Å². The molecule has 3 rings (SSSR count). The van der Waals surface area contributed by atoms with Crippen molar-refractivity contribution >= 4 is 5.95 Å². The van der Waals surface area contributed by atoms with Gasteiger partial charge in [-0.15, -0.1) is 0 Å². The zero-order valence-corrected chi connectivity index (χ0v) is 16.3. The average molecular weight is 392 g/mol. The molecule has 0 amide bonds. The summed E-state index contributed by atoms with van der Waals surface area (Å²) in [7, 11) is 4.70. The van der Waals surface area contributed by atoms with Crippen molar-refractivity contribution in [1.82, 2.24) is 9.97 Å². The molecule has 8 nitrogen and oxygen atoms in total. The molecule has 2 aromatic carbocycles. The van der Waals surface area contributed by atoms with Crippen LogP contribution < -0.4 is 25.1 Å². The molecule has 1 aromatic heterocycles. The Balaban J connectivity index is 1.90. The predicted octanol–water partition coefficient (Wildman–Crippen LogP) is 2.95. The normalized spacial score (nSPS) is 10.1. The number of hydrogen-bond donors (Lipinski definition) is 2. The van der Waals surface area contributed by atoms with Gasteiger partial charge in [-0.25, -0.2) is 4.98 Å². The summed E-state index contributed by atoms with van der Waals surface area (Å²) in [5.74, 6) is 2.16. The standard InChI is InChI=1S/C21H20N4O4/c1-27-15-7-5-14(6-8-15)19-16(11-22)20(26)25-21(24-19)23-12-13-4-9-17(28-2)18(10-13)29-3/h4-10H,12H2,1-3H3,(H2,23,24,25,26). The first-order chi connectivity index (χ1) is 14.1. The average Bonchev–Trinajstić information content (AvgIpc) is 2.77. The number of aromatic nitrogens is 2. The molecule has 0 aliphatic heterocycles. The van der Waals surface area contributed by atoms with E-state index in [2.05, 4.69) is 15.3 Å². The number of nitrogens with zero attached hydrogens (tertiary/aromatic N) is 2. The van der Waals surface area contributed by atoms with Crippen molar-refractivity contribution < 1.29 is 14.2 Å². The van der Waals surface area contributed by atoms with Gasteiger partial charge in [0.25, 0.3) is 5.56 Å². The molecule has 8 heteroatoms. The molecule has 2 N–H and O–H groups in total. The van der Waals surface area contributed by atoms with Gasteiger partial charge < -0.3 is 19.5 Å². The summed E-state index contributed by atoms with van der Waals surface area (Å²) in [6.07, 6.45) is 0.